The Balaban J connectivity index is 1.34. The molecule has 0 saturated carbocycles. The molecular formula is C23H22N4OS3. The Kier molecular flexibility index (Phi) is 7.45. The highest BCUT2D eigenvalue weighted by Gasteiger charge is 2.27. The zero-order valence-electron chi connectivity index (χ0n) is 16.9. The Morgan fingerprint density at radius 3 is 2.87 bits per heavy atom. The van der Waals surface area contributed by atoms with Gasteiger partial charge < -0.3 is 10.1 Å². The van der Waals surface area contributed by atoms with E-state index in [4.69, 9.17) is 21.9 Å². The fourth-order valence-electron chi connectivity index (χ4n) is 3.12. The third-order valence-corrected chi connectivity index (χ3v) is 7.27. The van der Waals surface area contributed by atoms with Crippen LogP contribution in [0.15, 0.2) is 82.9 Å². The molecule has 0 unspecified atom stereocenters. The molecule has 0 amide bonds. The molecule has 0 fully saturated rings. The Morgan fingerprint density at radius 2 is 2.06 bits per heavy atom. The molecule has 1 aliphatic heterocycles. The highest BCUT2D eigenvalue weighted by molar-refractivity contribution is 8.39. The van der Waals surface area contributed by atoms with Gasteiger partial charge in [-0.15, -0.1) is 0 Å². The highest BCUT2D eigenvalue weighted by Crippen LogP contribution is 2.37. The lowest BCUT2D eigenvalue weighted by atomic mass is 10.1. The average molecular weight is 467 g/mol. The summed E-state index contributed by atoms with van der Waals surface area (Å²) in [5, 5.41) is 8.20. The van der Waals surface area contributed by atoms with Crippen LogP contribution in [0.1, 0.15) is 11.1 Å². The monoisotopic (exact) mass is 466 g/mol. The third kappa shape index (κ3) is 6.00. The van der Waals surface area contributed by atoms with Crippen LogP contribution in [0.5, 0.6) is 5.75 Å². The van der Waals surface area contributed by atoms with Crippen molar-refractivity contribution in [3.8, 4) is 5.75 Å². The van der Waals surface area contributed by atoms with E-state index in [1.165, 1.54) is 0 Å². The molecule has 1 heterocycles. The molecule has 0 radical (unpaired) electrons. The van der Waals surface area contributed by atoms with Crippen molar-refractivity contribution in [3.05, 3.63) is 84.0 Å². The van der Waals surface area contributed by atoms with Crippen molar-refractivity contribution in [1.82, 2.24) is 5.43 Å². The predicted octanol–water partition coefficient (Wildman–Crippen LogP) is 5.21. The van der Waals surface area contributed by atoms with E-state index in [0.29, 0.717) is 10.4 Å². The number of methoxy groups -OCH3 is 1. The Bertz CT molecular complexity index is 1050. The second kappa shape index (κ2) is 10.7. The number of benzene rings is 2. The second-order valence-electron chi connectivity index (χ2n) is 6.79. The zero-order chi connectivity index (χ0) is 21.5. The lowest BCUT2D eigenvalue weighted by molar-refractivity contribution is 0.411. The van der Waals surface area contributed by atoms with Gasteiger partial charge in [0.05, 0.1) is 24.6 Å². The SMILES string of the molecule is COc1ccc(/C=N\NC(=S)Nc2ccccc2)cc1CSC1=N[C@H]2C=CC=C[C@H]2S1. The molecule has 0 aromatic heterocycles. The number of thioether (sulfide) groups is 2. The van der Waals surface area contributed by atoms with Crippen LogP contribution in [0.3, 0.4) is 0 Å². The van der Waals surface area contributed by atoms with E-state index >= 15 is 0 Å². The number of allylic oxidation sites excluding steroid dienone is 2. The van der Waals surface area contributed by atoms with Crippen LogP contribution >= 0.6 is 35.7 Å². The number of nitrogens with one attached hydrogen (secondary N) is 2. The van der Waals surface area contributed by atoms with Gasteiger partial charge >= 0.3 is 0 Å². The summed E-state index contributed by atoms with van der Waals surface area (Å²) in [6.07, 6.45) is 10.3. The Morgan fingerprint density at radius 1 is 1.23 bits per heavy atom. The van der Waals surface area contributed by atoms with E-state index in [2.05, 4.69) is 46.2 Å². The van der Waals surface area contributed by atoms with Crippen LogP contribution in [0, 0.1) is 0 Å². The molecule has 0 saturated heterocycles. The van der Waals surface area contributed by atoms with Gasteiger partial charge in [0.15, 0.2) is 5.11 Å². The quantitative estimate of drug-likeness (QED) is 0.346. The smallest absolute Gasteiger partial charge is 0.191 e. The van der Waals surface area contributed by atoms with Crippen LogP contribution in [0.2, 0.25) is 0 Å². The first kappa shape index (κ1) is 21.7. The largest absolute Gasteiger partial charge is 0.496 e. The molecule has 2 aromatic carbocycles. The molecule has 2 aliphatic rings. The van der Waals surface area contributed by atoms with Crippen molar-refractivity contribution in [3.63, 3.8) is 0 Å². The summed E-state index contributed by atoms with van der Waals surface area (Å²) >= 11 is 8.85. The molecule has 0 spiro atoms. The molecule has 2 N–H and O–H groups in total. The normalized spacial score (nSPS) is 19.2. The summed E-state index contributed by atoms with van der Waals surface area (Å²) in [6, 6.07) is 16.0. The van der Waals surface area contributed by atoms with E-state index in [9.17, 15) is 0 Å². The summed E-state index contributed by atoms with van der Waals surface area (Å²) in [7, 11) is 1.69. The fraction of sp³-hybridized carbons (Fsp3) is 0.174. The molecular weight excluding hydrogens is 444 g/mol. The van der Waals surface area contributed by atoms with E-state index in [1.54, 1.807) is 25.1 Å². The number of ether oxygens (including phenoxy) is 1. The first-order valence-electron chi connectivity index (χ1n) is 9.75. The topological polar surface area (TPSA) is 58.0 Å². The molecule has 2 aromatic rings. The molecule has 4 rings (SSSR count). The fourth-order valence-corrected chi connectivity index (χ4v) is 5.65. The van der Waals surface area contributed by atoms with E-state index < -0.39 is 0 Å². The van der Waals surface area contributed by atoms with Crippen molar-refractivity contribution in [2.75, 3.05) is 12.4 Å². The Labute approximate surface area is 196 Å². The van der Waals surface area contributed by atoms with Crippen molar-refractivity contribution >= 4 is 57.1 Å². The average Bonchev–Trinajstić information content (AvgIpc) is 3.21. The van der Waals surface area contributed by atoms with Gasteiger partial charge in [-0.1, -0.05) is 66.0 Å². The van der Waals surface area contributed by atoms with Crippen LogP contribution in [-0.2, 0) is 5.75 Å². The van der Waals surface area contributed by atoms with Gasteiger partial charge in [-0.2, -0.15) is 5.10 Å². The molecule has 5 nitrogen and oxygen atoms in total. The summed E-state index contributed by atoms with van der Waals surface area (Å²) in [4.78, 5) is 4.81. The summed E-state index contributed by atoms with van der Waals surface area (Å²) in [6.45, 7) is 0. The summed E-state index contributed by atoms with van der Waals surface area (Å²) in [5.41, 5.74) is 5.83. The number of hydrogen-bond donors (Lipinski definition) is 2. The maximum absolute atomic E-state index is 5.55. The molecule has 1 aliphatic carbocycles. The van der Waals surface area contributed by atoms with Gasteiger partial charge in [0.25, 0.3) is 0 Å². The Hall–Kier alpha value is -2.55. The van der Waals surface area contributed by atoms with Gasteiger partial charge in [-0.3, -0.25) is 10.4 Å². The van der Waals surface area contributed by atoms with Crippen molar-refractivity contribution in [1.29, 1.82) is 0 Å². The van der Waals surface area contributed by atoms with Crippen molar-refractivity contribution in [2.24, 2.45) is 10.1 Å². The van der Waals surface area contributed by atoms with Crippen molar-refractivity contribution in [2.45, 2.75) is 17.0 Å². The maximum Gasteiger partial charge on any atom is 0.191 e. The molecule has 0 bridgehead atoms. The number of anilines is 1. The minimum atomic E-state index is 0.261. The molecule has 2 atom stereocenters. The molecule has 8 heteroatoms. The minimum absolute atomic E-state index is 0.261. The number of hydrogen-bond acceptors (Lipinski definition) is 6. The summed E-state index contributed by atoms with van der Waals surface area (Å²) < 4.78 is 6.66. The van der Waals surface area contributed by atoms with Crippen molar-refractivity contribution < 1.29 is 4.74 Å². The van der Waals surface area contributed by atoms with Gasteiger partial charge in [0.2, 0.25) is 0 Å². The number of hydrazone groups is 1. The number of nitrogens with zero attached hydrogens (tertiary/aromatic N) is 2. The van der Waals surface area contributed by atoms with Gasteiger partial charge in [0.1, 0.15) is 10.1 Å². The number of thiocarbonyl (C=S) groups is 1. The van der Waals surface area contributed by atoms with Crippen LogP contribution in [0.25, 0.3) is 0 Å². The highest BCUT2D eigenvalue weighted by atomic mass is 32.2. The van der Waals surface area contributed by atoms with Crippen LogP contribution < -0.4 is 15.5 Å². The van der Waals surface area contributed by atoms with E-state index in [-0.39, 0.29) is 6.04 Å². The molecule has 31 heavy (non-hydrogen) atoms. The first-order chi connectivity index (χ1) is 15.2. The summed E-state index contributed by atoms with van der Waals surface area (Å²) in [5.74, 6) is 1.64. The number of rotatable bonds is 6. The minimum Gasteiger partial charge on any atom is -0.496 e. The number of fused-ring (bicyclic) bond motifs is 1. The van der Waals surface area contributed by atoms with Crippen LogP contribution in [0.4, 0.5) is 5.69 Å². The van der Waals surface area contributed by atoms with E-state index in [0.717, 1.165) is 32.7 Å². The van der Waals surface area contributed by atoms with Crippen LogP contribution in [-0.4, -0.2) is 34.1 Å². The predicted molar refractivity (Wildman–Crippen MR) is 139 cm³/mol. The van der Waals surface area contributed by atoms with Gasteiger partial charge in [-0.25, -0.2) is 0 Å². The number of aliphatic imine (C=N–C) groups is 1. The van der Waals surface area contributed by atoms with Gasteiger partial charge in [0, 0.05) is 17.0 Å². The zero-order valence-corrected chi connectivity index (χ0v) is 19.3. The van der Waals surface area contributed by atoms with E-state index in [1.807, 2.05) is 54.2 Å². The standard InChI is InChI=1S/C23H22N4OS3/c1-28-20-12-11-16(14-24-27-22(29)25-18-7-3-2-4-8-18)13-17(20)15-30-23-26-19-9-5-6-10-21(19)31-23/h2-14,19,21H,15H2,1H3,(H2,25,27,29)/b24-14-/t19-,21+/m0/s1. The lowest BCUT2D eigenvalue weighted by Crippen LogP contribution is -2.23. The maximum atomic E-state index is 5.55. The van der Waals surface area contributed by atoms with Gasteiger partial charge in [-0.05, 0) is 48.1 Å². The molecule has 158 valence electrons. The lowest BCUT2D eigenvalue weighted by Gasteiger charge is -2.11. The third-order valence-electron chi connectivity index (χ3n) is 4.62. The first-order valence-corrected chi connectivity index (χ1v) is 12.0. The second-order valence-corrected chi connectivity index (χ2v) is 9.59. The number of para-hydroxylation sites is 1.